The number of nitrogens with one attached hydrogen (secondary N) is 1. The van der Waals surface area contributed by atoms with Crippen molar-refractivity contribution in [2.75, 3.05) is 0 Å². The lowest BCUT2D eigenvalue weighted by Gasteiger charge is -2.12. The number of hydrogen-bond donors (Lipinski definition) is 3. The molecule has 0 radical (unpaired) electrons. The second kappa shape index (κ2) is 7.16. The summed E-state index contributed by atoms with van der Waals surface area (Å²) in [5.41, 5.74) is 4.31. The smallest absolute Gasteiger partial charge is 0.300 e. The van der Waals surface area contributed by atoms with Gasteiger partial charge in [0.2, 0.25) is 6.23 Å². The summed E-state index contributed by atoms with van der Waals surface area (Å²) in [6, 6.07) is 8.21. The standard InChI is InChI=1S/C17H15FN4O.C2H4O2/c1-9-10(2)22-14-6-5-11(18)8-12(14)15(13-4-3-7-19-13)21-17(23)16(22)20-9;1-2(3)4/h3-8,17,19,23H,1-2H3;1H3,(H,3,4). The number of aliphatic hydroxyl groups excluding tert-OH is 1. The SMILES string of the molecule is CC(=O)O.Cc1nc2n(c1C)-c1ccc(F)cc1C(c1ccc[nH]1)=NC2O. The lowest BCUT2D eigenvalue weighted by atomic mass is 10.0. The van der Waals surface area contributed by atoms with Crippen LogP contribution in [0.1, 0.15) is 41.6 Å². The number of hydrogen-bond acceptors (Lipinski definition) is 4. The quantitative estimate of drug-likeness (QED) is 0.613. The maximum atomic E-state index is 13.9. The first kappa shape index (κ1) is 18.5. The second-order valence-corrected chi connectivity index (χ2v) is 6.09. The molecule has 0 saturated carbocycles. The molecule has 1 aromatic carbocycles. The Morgan fingerprint density at radius 1 is 1.30 bits per heavy atom. The van der Waals surface area contributed by atoms with Gasteiger partial charge < -0.3 is 15.2 Å². The van der Waals surface area contributed by atoms with Crippen molar-refractivity contribution in [1.82, 2.24) is 14.5 Å². The van der Waals surface area contributed by atoms with Crippen LogP contribution in [0.15, 0.2) is 41.5 Å². The van der Waals surface area contributed by atoms with Crippen LogP contribution in [0.4, 0.5) is 4.39 Å². The van der Waals surface area contributed by atoms with Gasteiger partial charge in [0.15, 0.2) is 5.82 Å². The van der Waals surface area contributed by atoms with E-state index < -0.39 is 12.2 Å². The summed E-state index contributed by atoms with van der Waals surface area (Å²) in [4.78, 5) is 20.9. The first-order valence-electron chi connectivity index (χ1n) is 8.25. The molecule has 1 unspecified atom stereocenters. The Morgan fingerprint density at radius 3 is 2.63 bits per heavy atom. The largest absolute Gasteiger partial charge is 0.481 e. The van der Waals surface area contributed by atoms with Crippen molar-refractivity contribution < 1.29 is 19.4 Å². The highest BCUT2D eigenvalue weighted by molar-refractivity contribution is 6.14. The number of imidazole rings is 1. The summed E-state index contributed by atoms with van der Waals surface area (Å²) >= 11 is 0. The Balaban J connectivity index is 0.000000481. The molecule has 8 heteroatoms. The van der Waals surface area contributed by atoms with E-state index in [1.807, 2.05) is 30.5 Å². The Morgan fingerprint density at radius 2 is 2.00 bits per heavy atom. The van der Waals surface area contributed by atoms with Crippen molar-refractivity contribution in [2.24, 2.45) is 4.99 Å². The normalized spacial score (nSPS) is 15.0. The van der Waals surface area contributed by atoms with Gasteiger partial charge in [0.05, 0.1) is 22.8 Å². The maximum absolute atomic E-state index is 13.9. The van der Waals surface area contributed by atoms with E-state index >= 15 is 0 Å². The van der Waals surface area contributed by atoms with Gasteiger partial charge in [-0.05, 0) is 44.2 Å². The van der Waals surface area contributed by atoms with Gasteiger partial charge in [-0.3, -0.25) is 9.36 Å². The third-order valence-corrected chi connectivity index (χ3v) is 4.16. The molecule has 4 rings (SSSR count). The summed E-state index contributed by atoms with van der Waals surface area (Å²) in [5, 5.41) is 17.9. The number of aromatic nitrogens is 3. The van der Waals surface area contributed by atoms with E-state index in [0.717, 1.165) is 29.7 Å². The van der Waals surface area contributed by atoms with Crippen LogP contribution < -0.4 is 0 Å². The minimum atomic E-state index is -1.11. The van der Waals surface area contributed by atoms with E-state index in [9.17, 15) is 9.50 Å². The molecule has 27 heavy (non-hydrogen) atoms. The van der Waals surface area contributed by atoms with Crippen LogP contribution in [0.2, 0.25) is 0 Å². The number of carboxylic acid groups (broad SMARTS) is 1. The molecule has 3 heterocycles. The molecule has 140 valence electrons. The molecule has 1 aliphatic rings. The first-order valence-corrected chi connectivity index (χ1v) is 8.25. The van der Waals surface area contributed by atoms with Crippen molar-refractivity contribution in [3.8, 4) is 5.69 Å². The Hall–Kier alpha value is -3.26. The van der Waals surface area contributed by atoms with Gasteiger partial charge in [-0.15, -0.1) is 0 Å². The number of aromatic amines is 1. The molecule has 1 atom stereocenters. The fraction of sp³-hybridized carbons (Fsp3) is 0.211. The lowest BCUT2D eigenvalue weighted by molar-refractivity contribution is -0.134. The number of carboxylic acids is 1. The number of H-pyrrole nitrogens is 1. The Labute approximate surface area is 154 Å². The molecule has 0 spiro atoms. The van der Waals surface area contributed by atoms with E-state index in [-0.39, 0.29) is 5.82 Å². The van der Waals surface area contributed by atoms with Crippen LogP contribution in [0.3, 0.4) is 0 Å². The highest BCUT2D eigenvalue weighted by Gasteiger charge is 2.27. The molecule has 3 aromatic rings. The van der Waals surface area contributed by atoms with Crippen LogP contribution >= 0.6 is 0 Å². The molecular weight excluding hydrogens is 351 g/mol. The van der Waals surface area contributed by atoms with Crippen molar-refractivity contribution >= 4 is 11.7 Å². The number of fused-ring (bicyclic) bond motifs is 3. The molecule has 1 aliphatic heterocycles. The van der Waals surface area contributed by atoms with Crippen molar-refractivity contribution in [3.63, 3.8) is 0 Å². The van der Waals surface area contributed by atoms with Crippen LogP contribution in [-0.2, 0) is 4.79 Å². The molecule has 0 aliphatic carbocycles. The lowest BCUT2D eigenvalue weighted by Crippen LogP contribution is -2.09. The zero-order valence-electron chi connectivity index (χ0n) is 15.1. The molecule has 0 bridgehead atoms. The van der Waals surface area contributed by atoms with Gasteiger partial charge in [0.25, 0.3) is 5.97 Å². The molecule has 0 saturated heterocycles. The summed E-state index contributed by atoms with van der Waals surface area (Å²) < 4.78 is 15.7. The minimum Gasteiger partial charge on any atom is -0.481 e. The zero-order valence-corrected chi connectivity index (χ0v) is 15.1. The number of halogens is 1. The minimum absolute atomic E-state index is 0.351. The fourth-order valence-corrected chi connectivity index (χ4v) is 2.95. The van der Waals surface area contributed by atoms with Gasteiger partial charge in [0, 0.05) is 24.4 Å². The topological polar surface area (TPSA) is 104 Å². The second-order valence-electron chi connectivity index (χ2n) is 6.09. The summed E-state index contributed by atoms with van der Waals surface area (Å²) in [6.45, 7) is 4.88. The zero-order chi connectivity index (χ0) is 19.7. The molecule has 3 N–H and O–H groups in total. The Kier molecular flexibility index (Phi) is 4.91. The van der Waals surface area contributed by atoms with E-state index in [1.54, 1.807) is 12.3 Å². The number of nitrogens with zero attached hydrogens (tertiary/aromatic N) is 3. The van der Waals surface area contributed by atoms with Crippen molar-refractivity contribution in [3.05, 3.63) is 70.8 Å². The number of aliphatic hydroxyl groups is 1. The highest BCUT2D eigenvalue weighted by atomic mass is 19.1. The van der Waals surface area contributed by atoms with E-state index in [0.29, 0.717) is 17.1 Å². The maximum Gasteiger partial charge on any atom is 0.300 e. The average Bonchev–Trinajstić information content (AvgIpc) is 3.19. The van der Waals surface area contributed by atoms with Crippen LogP contribution in [0, 0.1) is 19.7 Å². The number of benzene rings is 1. The fourth-order valence-electron chi connectivity index (χ4n) is 2.95. The number of rotatable bonds is 1. The molecular formula is C19H19FN4O3. The van der Waals surface area contributed by atoms with Crippen LogP contribution in [0.5, 0.6) is 0 Å². The van der Waals surface area contributed by atoms with E-state index in [1.165, 1.54) is 12.1 Å². The van der Waals surface area contributed by atoms with Crippen LogP contribution in [-0.4, -0.2) is 36.4 Å². The number of aliphatic imine (C=N–C) groups is 1. The number of aryl methyl sites for hydroxylation is 1. The Bertz CT molecular complexity index is 1020. The van der Waals surface area contributed by atoms with Gasteiger partial charge in [-0.2, -0.15) is 0 Å². The van der Waals surface area contributed by atoms with Crippen LogP contribution in [0.25, 0.3) is 5.69 Å². The summed E-state index contributed by atoms with van der Waals surface area (Å²) in [5.74, 6) is -0.746. The highest BCUT2D eigenvalue weighted by Crippen LogP contribution is 2.31. The third-order valence-electron chi connectivity index (χ3n) is 4.16. The molecule has 2 aromatic heterocycles. The molecule has 0 fully saturated rings. The van der Waals surface area contributed by atoms with Gasteiger partial charge in [-0.1, -0.05) is 0 Å². The van der Waals surface area contributed by atoms with E-state index in [4.69, 9.17) is 9.90 Å². The van der Waals surface area contributed by atoms with Gasteiger partial charge in [0.1, 0.15) is 5.82 Å². The van der Waals surface area contributed by atoms with Gasteiger partial charge in [-0.25, -0.2) is 14.4 Å². The number of carbonyl (C=O) groups is 1. The first-order chi connectivity index (χ1) is 12.8. The van der Waals surface area contributed by atoms with Crippen molar-refractivity contribution in [2.45, 2.75) is 27.0 Å². The summed E-state index contributed by atoms with van der Waals surface area (Å²) in [7, 11) is 0. The van der Waals surface area contributed by atoms with Crippen molar-refractivity contribution in [1.29, 1.82) is 0 Å². The number of aliphatic carboxylic acids is 1. The van der Waals surface area contributed by atoms with Gasteiger partial charge >= 0.3 is 0 Å². The predicted molar refractivity (Wildman–Crippen MR) is 97.7 cm³/mol. The third kappa shape index (κ3) is 3.52. The molecule has 0 amide bonds. The molecule has 7 nitrogen and oxygen atoms in total. The monoisotopic (exact) mass is 370 g/mol. The summed E-state index contributed by atoms with van der Waals surface area (Å²) in [6.07, 6.45) is 0.651. The van der Waals surface area contributed by atoms with E-state index in [2.05, 4.69) is 15.0 Å². The average molecular weight is 370 g/mol. The predicted octanol–water partition coefficient (Wildman–Crippen LogP) is 2.89.